The van der Waals surface area contributed by atoms with Crippen LogP contribution in [0.5, 0.6) is 11.5 Å². The number of hydrogen-bond donors (Lipinski definition) is 3. The van der Waals surface area contributed by atoms with Crippen LogP contribution in [0.2, 0.25) is 0 Å². The molecule has 1 unspecified atom stereocenters. The van der Waals surface area contributed by atoms with Crippen LogP contribution < -0.4 is 10.1 Å². The molecule has 2 bridgehead atoms. The first-order chi connectivity index (χ1) is 16.4. The van der Waals surface area contributed by atoms with Crippen LogP contribution in [0.3, 0.4) is 0 Å². The third-order valence-corrected chi connectivity index (χ3v) is 9.90. The van der Waals surface area contributed by atoms with Gasteiger partial charge in [-0.1, -0.05) is 25.3 Å². The molecule has 7 heteroatoms. The number of carbonyl (C=O) groups is 2. The molecule has 7 rings (SSSR count). The van der Waals surface area contributed by atoms with Crippen molar-refractivity contribution >= 4 is 11.7 Å². The fourth-order valence-corrected chi connectivity index (χ4v) is 8.07. The lowest BCUT2D eigenvalue weighted by Crippen LogP contribution is -2.78. The number of likely N-dealkylation sites (tertiary alicyclic amines) is 1. The number of aliphatic hydroxyl groups is 1. The number of amides is 1. The number of ketones is 1. The molecule has 182 valence electrons. The Morgan fingerprint density at radius 2 is 1.97 bits per heavy atom. The Bertz CT molecular complexity index is 1060. The molecule has 0 aromatic heterocycles. The quantitative estimate of drug-likeness (QED) is 0.589. The van der Waals surface area contributed by atoms with Gasteiger partial charge >= 0.3 is 0 Å². The summed E-state index contributed by atoms with van der Waals surface area (Å²) in [6.07, 6.45) is 8.19. The van der Waals surface area contributed by atoms with Crippen LogP contribution in [0, 0.1) is 11.8 Å². The van der Waals surface area contributed by atoms with Crippen LogP contribution in [0.1, 0.15) is 68.9 Å². The van der Waals surface area contributed by atoms with Crippen LogP contribution >= 0.6 is 0 Å². The fraction of sp³-hybridized carbons (Fsp3) is 0.704. The normalized spacial score (nSPS) is 38.9. The average Bonchev–Trinajstić information content (AvgIpc) is 3.56. The topological polar surface area (TPSA) is 99.1 Å². The van der Waals surface area contributed by atoms with E-state index in [9.17, 15) is 19.8 Å². The van der Waals surface area contributed by atoms with Crippen molar-refractivity contribution in [2.45, 2.75) is 93.4 Å². The second kappa shape index (κ2) is 7.20. The lowest BCUT2D eigenvalue weighted by atomic mass is 9.47. The summed E-state index contributed by atoms with van der Waals surface area (Å²) in [5.74, 6) is -0.388. The average molecular weight is 467 g/mol. The van der Waals surface area contributed by atoms with Gasteiger partial charge < -0.3 is 20.3 Å². The van der Waals surface area contributed by atoms with Gasteiger partial charge in [-0.2, -0.15) is 0 Å². The van der Waals surface area contributed by atoms with Crippen LogP contribution in [0.25, 0.3) is 0 Å². The van der Waals surface area contributed by atoms with Gasteiger partial charge in [0.05, 0.1) is 11.0 Å². The molecule has 4 aliphatic carbocycles. The summed E-state index contributed by atoms with van der Waals surface area (Å²) in [7, 11) is 0. The molecule has 3 saturated carbocycles. The minimum atomic E-state index is -1.25. The van der Waals surface area contributed by atoms with Crippen LogP contribution in [0.15, 0.2) is 12.1 Å². The van der Waals surface area contributed by atoms with Gasteiger partial charge in [0.1, 0.15) is 5.92 Å². The van der Waals surface area contributed by atoms with E-state index in [1.807, 2.05) is 6.07 Å². The molecule has 7 nitrogen and oxygen atoms in total. The molecular weight excluding hydrogens is 432 g/mol. The number of benzene rings is 1. The predicted octanol–water partition coefficient (Wildman–Crippen LogP) is 2.20. The molecule has 34 heavy (non-hydrogen) atoms. The van der Waals surface area contributed by atoms with Gasteiger partial charge in [0.2, 0.25) is 5.91 Å². The highest BCUT2D eigenvalue weighted by Crippen LogP contribution is 2.65. The lowest BCUT2D eigenvalue weighted by molar-refractivity contribution is -0.198. The van der Waals surface area contributed by atoms with E-state index in [-0.39, 0.29) is 35.9 Å². The molecule has 1 saturated heterocycles. The molecule has 2 heterocycles. The zero-order valence-electron chi connectivity index (χ0n) is 19.6. The molecule has 5 atom stereocenters. The van der Waals surface area contributed by atoms with Gasteiger partial charge in [-0.25, -0.2) is 0 Å². The summed E-state index contributed by atoms with van der Waals surface area (Å²) in [4.78, 5) is 29.7. The molecule has 1 aromatic carbocycles. The summed E-state index contributed by atoms with van der Waals surface area (Å²) in [6.45, 7) is 1.76. The van der Waals surface area contributed by atoms with Crippen molar-refractivity contribution < 1.29 is 24.5 Å². The van der Waals surface area contributed by atoms with Crippen molar-refractivity contribution in [2.75, 3.05) is 13.1 Å². The van der Waals surface area contributed by atoms with Gasteiger partial charge in [-0.05, 0) is 69.0 Å². The summed E-state index contributed by atoms with van der Waals surface area (Å²) >= 11 is 0. The van der Waals surface area contributed by atoms with Gasteiger partial charge in [0.25, 0.3) is 0 Å². The maximum absolute atomic E-state index is 13.9. The third kappa shape index (κ3) is 2.71. The Kier molecular flexibility index (Phi) is 4.49. The summed E-state index contributed by atoms with van der Waals surface area (Å²) in [5.41, 5.74) is -0.262. The second-order valence-electron chi connectivity index (χ2n) is 11.8. The standard InChI is InChI=1S/C27H34N2O5/c30-19-9-8-16-12-20-27(33)13-18(25(32)28-17-4-2-1-3-5-17)22(31)24-26(27,21(16)23(19)34-24)10-11-29(20)14-15-6-7-15/h8-9,15,17-18,20,24,30,33H,1-7,10-14H2,(H,28,32)/t18?,20-,24+,26+,27-/m1/s1. The van der Waals surface area contributed by atoms with Crippen LogP contribution in [-0.4, -0.2) is 63.7 Å². The van der Waals surface area contributed by atoms with Crippen molar-refractivity contribution in [3.05, 3.63) is 23.3 Å². The van der Waals surface area contributed by atoms with E-state index in [2.05, 4.69) is 10.2 Å². The fourth-order valence-electron chi connectivity index (χ4n) is 8.07. The number of Topliss-reactive ketones (excluding diaryl/α,β-unsaturated/α-hetero) is 1. The van der Waals surface area contributed by atoms with E-state index >= 15 is 0 Å². The number of phenols is 1. The van der Waals surface area contributed by atoms with E-state index < -0.39 is 23.0 Å². The smallest absolute Gasteiger partial charge is 0.231 e. The van der Waals surface area contributed by atoms with Crippen molar-refractivity contribution in [3.8, 4) is 11.5 Å². The number of phenolic OH excluding ortho intramolecular Hbond substituents is 1. The van der Waals surface area contributed by atoms with Crippen LogP contribution in [0.4, 0.5) is 0 Å². The molecule has 2 aliphatic heterocycles. The molecule has 3 N–H and O–H groups in total. The van der Waals surface area contributed by atoms with E-state index in [0.29, 0.717) is 24.5 Å². The highest BCUT2D eigenvalue weighted by molar-refractivity contribution is 6.06. The molecule has 6 aliphatic rings. The number of nitrogens with zero attached hydrogens (tertiary/aromatic N) is 1. The Balaban J connectivity index is 1.30. The minimum absolute atomic E-state index is 0.0137. The monoisotopic (exact) mass is 466 g/mol. The molecule has 1 amide bonds. The van der Waals surface area contributed by atoms with E-state index in [1.54, 1.807) is 6.07 Å². The largest absolute Gasteiger partial charge is 0.504 e. The van der Waals surface area contributed by atoms with Gasteiger partial charge in [0.15, 0.2) is 23.4 Å². The molecule has 0 radical (unpaired) electrons. The van der Waals surface area contributed by atoms with Crippen molar-refractivity contribution in [1.29, 1.82) is 0 Å². The van der Waals surface area contributed by atoms with Crippen molar-refractivity contribution in [2.24, 2.45) is 11.8 Å². The van der Waals surface area contributed by atoms with E-state index in [0.717, 1.165) is 49.9 Å². The van der Waals surface area contributed by atoms with E-state index in [4.69, 9.17) is 4.74 Å². The number of hydrogen-bond acceptors (Lipinski definition) is 6. The highest BCUT2D eigenvalue weighted by atomic mass is 16.5. The van der Waals surface area contributed by atoms with Crippen LogP contribution in [-0.2, 0) is 21.4 Å². The number of piperidine rings is 1. The lowest BCUT2D eigenvalue weighted by Gasteiger charge is -2.63. The number of rotatable bonds is 4. The van der Waals surface area contributed by atoms with Crippen molar-refractivity contribution in [3.63, 3.8) is 0 Å². The number of nitrogens with one attached hydrogen (secondary N) is 1. The zero-order chi connectivity index (χ0) is 23.2. The van der Waals surface area contributed by atoms with Crippen molar-refractivity contribution in [1.82, 2.24) is 10.2 Å². The summed E-state index contributed by atoms with van der Waals surface area (Å²) in [6, 6.07) is 3.52. The first kappa shape index (κ1) is 21.2. The highest BCUT2D eigenvalue weighted by Gasteiger charge is 2.75. The molecule has 1 aromatic rings. The minimum Gasteiger partial charge on any atom is -0.504 e. The maximum Gasteiger partial charge on any atom is 0.231 e. The molecule has 1 spiro atoms. The predicted molar refractivity (Wildman–Crippen MR) is 124 cm³/mol. The SMILES string of the molecule is O=C(NC1CCCCC1)C1C[C@@]2(O)[C@H]3Cc4ccc(O)c5c4[C@@]2(CCN3CC2CC2)[C@@H](O5)C1=O. The Morgan fingerprint density at radius 1 is 1.18 bits per heavy atom. The zero-order valence-corrected chi connectivity index (χ0v) is 19.6. The molecule has 4 fully saturated rings. The van der Waals surface area contributed by atoms with Gasteiger partial charge in [-0.3, -0.25) is 14.5 Å². The molecular formula is C27H34N2O5. The summed E-state index contributed by atoms with van der Waals surface area (Å²) in [5, 5.41) is 26.4. The first-order valence-electron chi connectivity index (χ1n) is 13.2. The Hall–Kier alpha value is -2.12. The van der Waals surface area contributed by atoms with E-state index in [1.165, 1.54) is 19.3 Å². The second-order valence-corrected chi connectivity index (χ2v) is 11.8. The Labute approximate surface area is 199 Å². The summed E-state index contributed by atoms with van der Waals surface area (Å²) < 4.78 is 6.23. The maximum atomic E-state index is 13.9. The van der Waals surface area contributed by atoms with Gasteiger partial charge in [-0.15, -0.1) is 0 Å². The number of ether oxygens (including phenoxy) is 1. The first-order valence-corrected chi connectivity index (χ1v) is 13.2. The number of carbonyl (C=O) groups excluding carboxylic acids is 2. The number of aromatic hydroxyl groups is 1. The Morgan fingerprint density at radius 3 is 2.74 bits per heavy atom. The third-order valence-electron chi connectivity index (χ3n) is 9.90. The van der Waals surface area contributed by atoms with Gasteiger partial charge in [0, 0.05) is 24.2 Å².